The molecule has 2 N–H and O–H groups in total. The summed E-state index contributed by atoms with van der Waals surface area (Å²) in [5.74, 6) is 1.25. The van der Waals surface area contributed by atoms with Gasteiger partial charge in [-0.2, -0.15) is 0 Å². The molecule has 1 amide bonds. The van der Waals surface area contributed by atoms with Gasteiger partial charge in [-0.1, -0.05) is 48.5 Å². The summed E-state index contributed by atoms with van der Waals surface area (Å²) in [5, 5.41) is 4.67. The van der Waals surface area contributed by atoms with Crippen LogP contribution in [-0.4, -0.2) is 20.1 Å². The van der Waals surface area contributed by atoms with E-state index in [1.165, 1.54) is 21.9 Å². The Hall–Kier alpha value is -3.53. The first-order chi connectivity index (χ1) is 15.6. The number of aryl methyl sites for hydroxylation is 2. The van der Waals surface area contributed by atoms with E-state index in [2.05, 4.69) is 60.7 Å². The van der Waals surface area contributed by atoms with Gasteiger partial charge < -0.3 is 15.2 Å². The van der Waals surface area contributed by atoms with Crippen LogP contribution in [-0.2, 0) is 17.6 Å². The van der Waals surface area contributed by atoms with Crippen molar-refractivity contribution < 1.29 is 14.3 Å². The van der Waals surface area contributed by atoms with Crippen molar-refractivity contribution in [3.63, 3.8) is 0 Å². The molecule has 4 rings (SSSR count). The first-order valence-electron chi connectivity index (χ1n) is 11.0. The Morgan fingerprint density at radius 3 is 1.62 bits per heavy atom. The van der Waals surface area contributed by atoms with Crippen LogP contribution in [0.3, 0.4) is 0 Å². The quantitative estimate of drug-likeness (QED) is 0.374. The largest absolute Gasteiger partial charge is 0.497 e. The number of methoxy groups -OCH3 is 2. The summed E-state index contributed by atoms with van der Waals surface area (Å²) in [6.07, 6.45) is 3.03. The Bertz CT molecular complexity index is 1160. The SMILES string of the molecule is COc1ccc2cccc(CCC(CCc3cccc4ccc(OC)cc34)C(N)=O)c2c1. The number of benzene rings is 4. The van der Waals surface area contributed by atoms with Crippen LogP contribution in [0.5, 0.6) is 11.5 Å². The van der Waals surface area contributed by atoms with Crippen molar-refractivity contribution in [2.24, 2.45) is 11.7 Å². The topological polar surface area (TPSA) is 61.6 Å². The lowest BCUT2D eigenvalue weighted by Gasteiger charge is -2.16. The molecule has 4 heteroatoms. The number of carbonyl (C=O) groups is 1. The van der Waals surface area contributed by atoms with Crippen LogP contribution in [0, 0.1) is 5.92 Å². The standard InChI is InChI=1S/C28H29NO3/c1-31-24-15-13-21-7-3-5-19(26(21)17-24)9-11-23(28(29)30)12-10-20-6-4-8-22-14-16-25(32-2)18-27(20)22/h3-8,13-18,23H,9-12H2,1-2H3,(H2,29,30). The molecule has 0 aromatic heterocycles. The third-order valence-corrected chi connectivity index (χ3v) is 6.29. The molecular formula is C28H29NO3. The highest BCUT2D eigenvalue weighted by Crippen LogP contribution is 2.28. The predicted octanol–water partition coefficient (Wildman–Crippen LogP) is 5.68. The lowest BCUT2D eigenvalue weighted by atomic mass is 9.90. The van der Waals surface area contributed by atoms with Crippen LogP contribution in [0.2, 0.25) is 0 Å². The molecule has 0 atom stereocenters. The van der Waals surface area contributed by atoms with Gasteiger partial charge in [-0.15, -0.1) is 0 Å². The summed E-state index contributed by atoms with van der Waals surface area (Å²) in [6, 6.07) is 24.8. The van der Waals surface area contributed by atoms with Crippen molar-refractivity contribution in [3.8, 4) is 11.5 Å². The molecule has 0 fully saturated rings. The van der Waals surface area contributed by atoms with Gasteiger partial charge in [0.15, 0.2) is 0 Å². The van der Waals surface area contributed by atoms with Crippen molar-refractivity contribution in [2.45, 2.75) is 25.7 Å². The molecule has 0 aliphatic heterocycles. The fraction of sp³-hybridized carbons (Fsp3) is 0.250. The van der Waals surface area contributed by atoms with Crippen molar-refractivity contribution in [2.75, 3.05) is 14.2 Å². The summed E-state index contributed by atoms with van der Waals surface area (Å²) >= 11 is 0. The van der Waals surface area contributed by atoms with Crippen LogP contribution >= 0.6 is 0 Å². The van der Waals surface area contributed by atoms with E-state index in [1.54, 1.807) is 14.2 Å². The summed E-state index contributed by atoms with van der Waals surface area (Å²) in [4.78, 5) is 12.3. The van der Waals surface area contributed by atoms with E-state index in [-0.39, 0.29) is 11.8 Å². The minimum atomic E-state index is -0.236. The minimum Gasteiger partial charge on any atom is -0.497 e. The first-order valence-corrected chi connectivity index (χ1v) is 11.0. The van der Waals surface area contributed by atoms with E-state index >= 15 is 0 Å². The Balaban J connectivity index is 1.51. The zero-order valence-corrected chi connectivity index (χ0v) is 18.6. The van der Waals surface area contributed by atoms with E-state index in [1.807, 2.05) is 12.1 Å². The third-order valence-electron chi connectivity index (χ3n) is 6.29. The Morgan fingerprint density at radius 1 is 0.750 bits per heavy atom. The number of fused-ring (bicyclic) bond motifs is 2. The fourth-order valence-electron chi connectivity index (χ4n) is 4.41. The summed E-state index contributed by atoms with van der Waals surface area (Å²) in [5.41, 5.74) is 8.22. The second-order valence-corrected chi connectivity index (χ2v) is 8.19. The van der Waals surface area contributed by atoms with E-state index in [9.17, 15) is 4.79 Å². The smallest absolute Gasteiger partial charge is 0.220 e. The third kappa shape index (κ3) is 4.70. The van der Waals surface area contributed by atoms with Gasteiger partial charge in [0.05, 0.1) is 14.2 Å². The maximum atomic E-state index is 12.3. The Labute approximate surface area is 188 Å². The number of primary amides is 1. The number of carbonyl (C=O) groups excluding carboxylic acids is 1. The van der Waals surface area contributed by atoms with Gasteiger partial charge in [0, 0.05) is 5.92 Å². The van der Waals surface area contributed by atoms with E-state index in [0.717, 1.165) is 48.0 Å². The van der Waals surface area contributed by atoms with Crippen molar-refractivity contribution in [1.82, 2.24) is 0 Å². The molecule has 0 aliphatic rings. The fourth-order valence-corrected chi connectivity index (χ4v) is 4.41. The molecule has 0 unspecified atom stereocenters. The molecule has 0 saturated carbocycles. The second-order valence-electron chi connectivity index (χ2n) is 8.19. The summed E-state index contributed by atoms with van der Waals surface area (Å²) < 4.78 is 10.8. The molecule has 0 heterocycles. The number of hydrogen-bond donors (Lipinski definition) is 1. The Morgan fingerprint density at radius 2 is 1.22 bits per heavy atom. The molecule has 0 aliphatic carbocycles. The predicted molar refractivity (Wildman–Crippen MR) is 130 cm³/mol. The zero-order chi connectivity index (χ0) is 22.5. The highest BCUT2D eigenvalue weighted by Gasteiger charge is 2.17. The van der Waals surface area contributed by atoms with Crippen molar-refractivity contribution in [1.29, 1.82) is 0 Å². The van der Waals surface area contributed by atoms with Gasteiger partial charge >= 0.3 is 0 Å². The van der Waals surface area contributed by atoms with Gasteiger partial charge in [-0.25, -0.2) is 0 Å². The monoisotopic (exact) mass is 427 g/mol. The van der Waals surface area contributed by atoms with E-state index in [0.29, 0.717) is 0 Å². The molecule has 0 bridgehead atoms. The average molecular weight is 428 g/mol. The number of ether oxygens (including phenoxy) is 2. The molecule has 0 saturated heterocycles. The normalized spacial score (nSPS) is 11.2. The van der Waals surface area contributed by atoms with Gasteiger partial charge in [0.25, 0.3) is 0 Å². The molecule has 32 heavy (non-hydrogen) atoms. The number of amides is 1. The number of nitrogens with two attached hydrogens (primary N) is 1. The lowest BCUT2D eigenvalue weighted by Crippen LogP contribution is -2.24. The van der Waals surface area contributed by atoms with Crippen LogP contribution in [0.25, 0.3) is 21.5 Å². The highest BCUT2D eigenvalue weighted by atomic mass is 16.5. The first kappa shape index (κ1) is 21.7. The van der Waals surface area contributed by atoms with E-state index < -0.39 is 0 Å². The molecule has 4 aromatic carbocycles. The summed E-state index contributed by atoms with van der Waals surface area (Å²) in [7, 11) is 3.35. The maximum Gasteiger partial charge on any atom is 0.220 e. The second kappa shape index (κ2) is 9.73. The molecule has 164 valence electrons. The minimum absolute atomic E-state index is 0.184. The summed E-state index contributed by atoms with van der Waals surface area (Å²) in [6.45, 7) is 0. The van der Waals surface area contributed by atoms with Crippen molar-refractivity contribution in [3.05, 3.63) is 83.9 Å². The van der Waals surface area contributed by atoms with Gasteiger partial charge in [0.1, 0.15) is 11.5 Å². The molecule has 0 radical (unpaired) electrons. The number of rotatable bonds is 9. The number of hydrogen-bond acceptors (Lipinski definition) is 3. The van der Waals surface area contributed by atoms with E-state index in [4.69, 9.17) is 15.2 Å². The lowest BCUT2D eigenvalue weighted by molar-refractivity contribution is -0.122. The Kier molecular flexibility index (Phi) is 6.60. The van der Waals surface area contributed by atoms with Crippen LogP contribution in [0.4, 0.5) is 0 Å². The highest BCUT2D eigenvalue weighted by molar-refractivity contribution is 5.88. The molecular weight excluding hydrogens is 398 g/mol. The average Bonchev–Trinajstić information content (AvgIpc) is 2.83. The molecule has 0 spiro atoms. The van der Waals surface area contributed by atoms with Gasteiger partial charge in [-0.3, -0.25) is 4.79 Å². The van der Waals surface area contributed by atoms with Crippen LogP contribution in [0.1, 0.15) is 24.0 Å². The van der Waals surface area contributed by atoms with Gasteiger partial charge in [-0.05, 0) is 82.6 Å². The van der Waals surface area contributed by atoms with Gasteiger partial charge in [0.2, 0.25) is 5.91 Å². The molecule has 4 aromatic rings. The van der Waals surface area contributed by atoms with Crippen molar-refractivity contribution >= 4 is 27.5 Å². The zero-order valence-electron chi connectivity index (χ0n) is 18.6. The van der Waals surface area contributed by atoms with Crippen LogP contribution < -0.4 is 15.2 Å². The maximum absolute atomic E-state index is 12.3. The van der Waals surface area contributed by atoms with Crippen LogP contribution in [0.15, 0.2) is 72.8 Å². The molecule has 4 nitrogen and oxygen atoms in total.